The van der Waals surface area contributed by atoms with Crippen molar-refractivity contribution in [3.63, 3.8) is 0 Å². The number of nitrogens with zero attached hydrogens (tertiary/aromatic N) is 1. The topological polar surface area (TPSA) is 12.9 Å². The van der Waals surface area contributed by atoms with Crippen LogP contribution in [0.25, 0.3) is 11.1 Å². The monoisotopic (exact) mass is 325 g/mol. The molecule has 3 rings (SSSR count). The second-order valence-corrected chi connectivity index (χ2v) is 7.28. The molecule has 1 aliphatic carbocycles. The van der Waals surface area contributed by atoms with Crippen molar-refractivity contribution < 1.29 is 4.39 Å². The zero-order valence-electron chi connectivity index (χ0n) is 14.7. The van der Waals surface area contributed by atoms with Gasteiger partial charge in [0, 0.05) is 11.8 Å². The van der Waals surface area contributed by atoms with E-state index in [1.807, 2.05) is 0 Å². The summed E-state index contributed by atoms with van der Waals surface area (Å²) in [6.45, 7) is 2.30. The number of halogens is 1. The van der Waals surface area contributed by atoms with Crippen LogP contribution in [0.3, 0.4) is 0 Å². The Morgan fingerprint density at radius 1 is 0.875 bits per heavy atom. The number of pyridine rings is 1. The van der Waals surface area contributed by atoms with E-state index in [0.29, 0.717) is 0 Å². The SMILES string of the molecule is CCCC1CCC(CCc2ccc(-c3ccc(F)nc3)cc2)CC1. The summed E-state index contributed by atoms with van der Waals surface area (Å²) in [5.74, 6) is 1.48. The average molecular weight is 325 g/mol. The van der Waals surface area contributed by atoms with Crippen molar-refractivity contribution >= 4 is 0 Å². The van der Waals surface area contributed by atoms with Crippen molar-refractivity contribution in [3.05, 3.63) is 54.1 Å². The number of hydrogen-bond acceptors (Lipinski definition) is 1. The van der Waals surface area contributed by atoms with Crippen LogP contribution < -0.4 is 0 Å². The van der Waals surface area contributed by atoms with E-state index < -0.39 is 5.95 Å². The van der Waals surface area contributed by atoms with E-state index in [2.05, 4.69) is 36.2 Å². The highest BCUT2D eigenvalue weighted by molar-refractivity contribution is 5.62. The van der Waals surface area contributed by atoms with Crippen LogP contribution in [0.15, 0.2) is 42.6 Å². The lowest BCUT2D eigenvalue weighted by Crippen LogP contribution is -2.15. The lowest BCUT2D eigenvalue weighted by atomic mass is 9.78. The molecule has 2 aromatic rings. The van der Waals surface area contributed by atoms with Crippen LogP contribution in [0.1, 0.15) is 57.4 Å². The Balaban J connectivity index is 1.49. The first-order chi connectivity index (χ1) is 11.7. The van der Waals surface area contributed by atoms with Gasteiger partial charge in [-0.05, 0) is 47.9 Å². The van der Waals surface area contributed by atoms with Crippen LogP contribution in [0.5, 0.6) is 0 Å². The largest absolute Gasteiger partial charge is 0.228 e. The van der Waals surface area contributed by atoms with E-state index in [-0.39, 0.29) is 0 Å². The third-order valence-corrected chi connectivity index (χ3v) is 5.52. The van der Waals surface area contributed by atoms with E-state index in [9.17, 15) is 4.39 Å². The van der Waals surface area contributed by atoms with Crippen LogP contribution >= 0.6 is 0 Å². The predicted molar refractivity (Wildman–Crippen MR) is 98.3 cm³/mol. The molecule has 1 nitrogen and oxygen atoms in total. The summed E-state index contributed by atoms with van der Waals surface area (Å²) in [4.78, 5) is 3.73. The fourth-order valence-corrected chi connectivity index (χ4v) is 4.00. The number of benzene rings is 1. The average Bonchev–Trinajstić information content (AvgIpc) is 2.63. The Morgan fingerprint density at radius 2 is 1.50 bits per heavy atom. The van der Waals surface area contributed by atoms with Crippen molar-refractivity contribution in [2.75, 3.05) is 0 Å². The Morgan fingerprint density at radius 3 is 2.08 bits per heavy atom. The third-order valence-electron chi connectivity index (χ3n) is 5.52. The summed E-state index contributed by atoms with van der Waals surface area (Å²) >= 11 is 0. The first-order valence-electron chi connectivity index (χ1n) is 9.45. The fraction of sp³-hybridized carbons (Fsp3) is 0.500. The maximum Gasteiger partial charge on any atom is 0.212 e. The van der Waals surface area contributed by atoms with E-state index >= 15 is 0 Å². The van der Waals surface area contributed by atoms with Crippen LogP contribution in [-0.4, -0.2) is 4.98 Å². The summed E-state index contributed by atoms with van der Waals surface area (Å²) in [6, 6.07) is 11.9. The van der Waals surface area contributed by atoms with Crippen molar-refractivity contribution in [2.24, 2.45) is 11.8 Å². The van der Waals surface area contributed by atoms with Crippen LogP contribution in [0, 0.1) is 17.8 Å². The van der Waals surface area contributed by atoms with E-state index in [1.165, 1.54) is 63.0 Å². The molecule has 24 heavy (non-hydrogen) atoms. The van der Waals surface area contributed by atoms with Gasteiger partial charge in [-0.1, -0.05) is 69.7 Å². The van der Waals surface area contributed by atoms with Gasteiger partial charge in [0.2, 0.25) is 5.95 Å². The van der Waals surface area contributed by atoms with Gasteiger partial charge in [0.25, 0.3) is 0 Å². The first kappa shape index (κ1) is 17.1. The first-order valence-corrected chi connectivity index (χ1v) is 9.45. The van der Waals surface area contributed by atoms with Crippen molar-refractivity contribution in [2.45, 2.75) is 58.3 Å². The Kier molecular flexibility index (Phi) is 6.01. The van der Waals surface area contributed by atoms with Crippen LogP contribution in [-0.2, 0) is 6.42 Å². The number of rotatable bonds is 6. The fourth-order valence-electron chi connectivity index (χ4n) is 4.00. The molecule has 1 aromatic carbocycles. The normalized spacial score (nSPS) is 20.9. The molecule has 128 valence electrons. The summed E-state index contributed by atoms with van der Waals surface area (Å²) in [6.07, 6.45) is 12.6. The summed E-state index contributed by atoms with van der Waals surface area (Å²) in [5, 5.41) is 0. The Hall–Kier alpha value is -1.70. The second kappa shape index (κ2) is 8.41. The molecular formula is C22H28FN. The zero-order valence-corrected chi connectivity index (χ0v) is 14.7. The highest BCUT2D eigenvalue weighted by Gasteiger charge is 2.20. The van der Waals surface area contributed by atoms with Crippen molar-refractivity contribution in [3.8, 4) is 11.1 Å². The highest BCUT2D eigenvalue weighted by atomic mass is 19.1. The molecule has 1 heterocycles. The van der Waals surface area contributed by atoms with Gasteiger partial charge in [0.1, 0.15) is 0 Å². The predicted octanol–water partition coefficient (Wildman–Crippen LogP) is 6.43. The maximum absolute atomic E-state index is 12.9. The smallest absolute Gasteiger partial charge is 0.212 e. The molecule has 2 heteroatoms. The summed E-state index contributed by atoms with van der Waals surface area (Å²) < 4.78 is 12.9. The number of aryl methyl sites for hydroxylation is 1. The molecule has 1 saturated carbocycles. The van der Waals surface area contributed by atoms with E-state index in [0.717, 1.165) is 23.0 Å². The molecule has 1 fully saturated rings. The molecule has 0 spiro atoms. The van der Waals surface area contributed by atoms with Gasteiger partial charge in [-0.25, -0.2) is 4.98 Å². The van der Waals surface area contributed by atoms with Crippen molar-refractivity contribution in [1.82, 2.24) is 4.98 Å². The molecule has 0 atom stereocenters. The molecule has 1 aromatic heterocycles. The molecule has 0 amide bonds. The van der Waals surface area contributed by atoms with Gasteiger partial charge in [0.15, 0.2) is 0 Å². The zero-order chi connectivity index (χ0) is 16.8. The lowest BCUT2D eigenvalue weighted by molar-refractivity contribution is 0.252. The lowest BCUT2D eigenvalue weighted by Gasteiger charge is -2.28. The minimum absolute atomic E-state index is 0.427. The number of hydrogen-bond donors (Lipinski definition) is 0. The minimum Gasteiger partial charge on any atom is -0.228 e. The highest BCUT2D eigenvalue weighted by Crippen LogP contribution is 2.34. The molecule has 0 bridgehead atoms. The Labute approximate surface area is 145 Å². The quantitative estimate of drug-likeness (QED) is 0.558. The van der Waals surface area contributed by atoms with Crippen LogP contribution in [0.4, 0.5) is 4.39 Å². The standard InChI is InChI=1S/C22H28FN/c1-2-3-17-4-6-18(7-5-17)8-9-19-10-12-20(13-11-19)21-14-15-22(23)24-16-21/h10-18H,2-9H2,1H3. The van der Waals surface area contributed by atoms with Gasteiger partial charge in [0.05, 0.1) is 0 Å². The van der Waals surface area contributed by atoms with Crippen LogP contribution in [0.2, 0.25) is 0 Å². The minimum atomic E-state index is -0.427. The second-order valence-electron chi connectivity index (χ2n) is 7.28. The molecule has 0 saturated heterocycles. The summed E-state index contributed by atoms with van der Waals surface area (Å²) in [5.41, 5.74) is 3.48. The van der Waals surface area contributed by atoms with Gasteiger partial charge in [-0.3, -0.25) is 0 Å². The van der Waals surface area contributed by atoms with Gasteiger partial charge in [-0.15, -0.1) is 0 Å². The molecular weight excluding hydrogens is 297 g/mol. The van der Waals surface area contributed by atoms with Gasteiger partial charge >= 0.3 is 0 Å². The molecule has 0 N–H and O–H groups in total. The van der Waals surface area contributed by atoms with E-state index in [4.69, 9.17) is 0 Å². The maximum atomic E-state index is 12.9. The molecule has 0 unspecified atom stereocenters. The van der Waals surface area contributed by atoms with Crippen molar-refractivity contribution in [1.29, 1.82) is 0 Å². The van der Waals surface area contributed by atoms with Gasteiger partial charge in [-0.2, -0.15) is 4.39 Å². The Bertz CT molecular complexity index is 609. The van der Waals surface area contributed by atoms with E-state index in [1.54, 1.807) is 12.3 Å². The molecule has 0 aliphatic heterocycles. The molecule has 1 aliphatic rings. The van der Waals surface area contributed by atoms with Gasteiger partial charge < -0.3 is 0 Å². The summed E-state index contributed by atoms with van der Waals surface area (Å²) in [7, 11) is 0. The third kappa shape index (κ3) is 4.66. The number of aromatic nitrogens is 1. The molecule has 0 radical (unpaired) electrons.